The summed E-state index contributed by atoms with van der Waals surface area (Å²) in [5.74, 6) is -0.525. The zero-order chi connectivity index (χ0) is 12.3. The molecule has 6 nitrogen and oxygen atoms in total. The predicted molar refractivity (Wildman–Crippen MR) is 60.9 cm³/mol. The number of hydrogen-bond acceptors (Lipinski definition) is 4. The Hall–Kier alpha value is -1.76. The standard InChI is InChI=1S/C9H12N2O4S/c1-6(12)10-8-4-3-7(5-9(8)13)11-16(2,14)15/h3-5,11,13H,1-2H3,(H,10,12). The fourth-order valence-corrected chi connectivity index (χ4v) is 1.66. The molecule has 0 spiro atoms. The first kappa shape index (κ1) is 12.3. The van der Waals surface area contributed by atoms with Crippen LogP contribution in [0.2, 0.25) is 0 Å². The minimum absolute atomic E-state index is 0.205. The van der Waals surface area contributed by atoms with Crippen molar-refractivity contribution in [2.75, 3.05) is 16.3 Å². The zero-order valence-corrected chi connectivity index (χ0v) is 9.63. The average molecular weight is 244 g/mol. The van der Waals surface area contributed by atoms with Gasteiger partial charge in [-0.3, -0.25) is 9.52 Å². The molecule has 0 heterocycles. The molecule has 0 saturated heterocycles. The lowest BCUT2D eigenvalue weighted by Crippen LogP contribution is -2.10. The molecule has 1 rings (SSSR count). The highest BCUT2D eigenvalue weighted by molar-refractivity contribution is 7.92. The molecule has 0 atom stereocenters. The summed E-state index contributed by atoms with van der Waals surface area (Å²) in [6.45, 7) is 1.31. The number of nitrogens with one attached hydrogen (secondary N) is 2. The second-order valence-corrected chi connectivity index (χ2v) is 5.04. The molecule has 0 aliphatic heterocycles. The van der Waals surface area contributed by atoms with Crippen LogP contribution in [0.25, 0.3) is 0 Å². The van der Waals surface area contributed by atoms with Gasteiger partial charge in [-0.2, -0.15) is 0 Å². The summed E-state index contributed by atoms with van der Waals surface area (Å²) in [7, 11) is -3.38. The SMILES string of the molecule is CC(=O)Nc1ccc(NS(C)(=O)=O)cc1O. The Morgan fingerprint density at radius 3 is 2.44 bits per heavy atom. The Morgan fingerprint density at radius 2 is 2.00 bits per heavy atom. The highest BCUT2D eigenvalue weighted by atomic mass is 32.2. The first-order valence-electron chi connectivity index (χ1n) is 4.36. The molecule has 0 aliphatic carbocycles. The highest BCUT2D eigenvalue weighted by Crippen LogP contribution is 2.26. The molecule has 0 fully saturated rings. The number of hydrogen-bond donors (Lipinski definition) is 3. The van der Waals surface area contributed by atoms with Gasteiger partial charge in [0.15, 0.2) is 0 Å². The minimum atomic E-state index is -3.38. The lowest BCUT2D eigenvalue weighted by molar-refractivity contribution is -0.114. The molecule has 1 aromatic rings. The van der Waals surface area contributed by atoms with Gasteiger partial charge in [0.2, 0.25) is 15.9 Å². The van der Waals surface area contributed by atoms with Gasteiger partial charge in [0.25, 0.3) is 0 Å². The second-order valence-electron chi connectivity index (χ2n) is 3.29. The van der Waals surface area contributed by atoms with Crippen molar-refractivity contribution in [3.63, 3.8) is 0 Å². The minimum Gasteiger partial charge on any atom is -0.506 e. The summed E-state index contributed by atoms with van der Waals surface area (Å²) >= 11 is 0. The molecule has 0 unspecified atom stereocenters. The van der Waals surface area contributed by atoms with E-state index in [9.17, 15) is 18.3 Å². The summed E-state index contributed by atoms with van der Waals surface area (Å²) in [5, 5.41) is 11.9. The number of amides is 1. The third-order valence-corrected chi connectivity index (χ3v) is 2.22. The summed E-state index contributed by atoms with van der Waals surface area (Å²) < 4.78 is 24.0. The number of phenolic OH excluding ortho intramolecular Hbond substituents is 1. The van der Waals surface area contributed by atoms with E-state index in [1.54, 1.807) is 0 Å². The lowest BCUT2D eigenvalue weighted by Gasteiger charge is -2.08. The van der Waals surface area contributed by atoms with E-state index in [4.69, 9.17) is 0 Å². The van der Waals surface area contributed by atoms with E-state index >= 15 is 0 Å². The maximum absolute atomic E-state index is 10.9. The van der Waals surface area contributed by atoms with Crippen molar-refractivity contribution in [1.82, 2.24) is 0 Å². The van der Waals surface area contributed by atoms with Gasteiger partial charge < -0.3 is 10.4 Å². The van der Waals surface area contributed by atoms with Gasteiger partial charge in [-0.25, -0.2) is 8.42 Å². The smallest absolute Gasteiger partial charge is 0.229 e. The predicted octanol–water partition coefficient (Wildman–Crippen LogP) is 0.722. The molecule has 88 valence electrons. The largest absolute Gasteiger partial charge is 0.506 e. The third kappa shape index (κ3) is 3.77. The molecule has 0 bridgehead atoms. The van der Waals surface area contributed by atoms with Crippen molar-refractivity contribution in [3.05, 3.63) is 18.2 Å². The van der Waals surface area contributed by atoms with Gasteiger partial charge in [-0.15, -0.1) is 0 Å². The van der Waals surface area contributed by atoms with Gasteiger partial charge >= 0.3 is 0 Å². The molecule has 3 N–H and O–H groups in total. The van der Waals surface area contributed by atoms with Gasteiger partial charge in [0.1, 0.15) is 5.75 Å². The monoisotopic (exact) mass is 244 g/mol. The van der Waals surface area contributed by atoms with Crippen molar-refractivity contribution in [1.29, 1.82) is 0 Å². The number of rotatable bonds is 3. The van der Waals surface area contributed by atoms with Crippen LogP contribution in [0.15, 0.2) is 18.2 Å². The molecule has 0 aliphatic rings. The van der Waals surface area contributed by atoms with Crippen molar-refractivity contribution >= 4 is 27.3 Å². The quantitative estimate of drug-likeness (QED) is 0.683. The first-order chi connectivity index (χ1) is 7.28. The Morgan fingerprint density at radius 1 is 1.38 bits per heavy atom. The third-order valence-electron chi connectivity index (χ3n) is 1.61. The topological polar surface area (TPSA) is 95.5 Å². The summed E-state index contributed by atoms with van der Waals surface area (Å²) in [6, 6.07) is 4.06. The maximum Gasteiger partial charge on any atom is 0.229 e. The van der Waals surface area contributed by atoms with E-state index in [0.29, 0.717) is 0 Å². The fourth-order valence-electron chi connectivity index (χ4n) is 1.10. The summed E-state index contributed by atoms with van der Waals surface area (Å²) in [5.41, 5.74) is 0.459. The van der Waals surface area contributed by atoms with Crippen molar-refractivity contribution in [2.24, 2.45) is 0 Å². The Balaban J connectivity index is 2.95. The average Bonchev–Trinajstić information content (AvgIpc) is 2.06. The Labute approximate surface area is 93.3 Å². The number of carbonyl (C=O) groups is 1. The summed E-state index contributed by atoms with van der Waals surface area (Å²) in [4.78, 5) is 10.7. The number of aromatic hydroxyl groups is 1. The summed E-state index contributed by atoms with van der Waals surface area (Å²) in [6.07, 6.45) is 1.01. The second kappa shape index (κ2) is 4.40. The van der Waals surface area contributed by atoms with Gasteiger partial charge in [0, 0.05) is 13.0 Å². The van der Waals surface area contributed by atoms with E-state index < -0.39 is 10.0 Å². The number of phenols is 1. The Bertz CT molecular complexity index is 510. The number of sulfonamides is 1. The number of carbonyl (C=O) groups excluding carboxylic acids is 1. The molecule has 0 aromatic heterocycles. The van der Waals surface area contributed by atoms with Crippen LogP contribution >= 0.6 is 0 Å². The van der Waals surface area contributed by atoms with E-state index in [-0.39, 0.29) is 23.0 Å². The number of anilines is 2. The van der Waals surface area contributed by atoms with Crippen molar-refractivity contribution in [3.8, 4) is 5.75 Å². The first-order valence-corrected chi connectivity index (χ1v) is 6.25. The maximum atomic E-state index is 10.9. The van der Waals surface area contributed by atoms with Crippen LogP contribution in [-0.2, 0) is 14.8 Å². The molecule has 16 heavy (non-hydrogen) atoms. The van der Waals surface area contributed by atoms with Crippen LogP contribution in [0.5, 0.6) is 5.75 Å². The molecule has 1 aromatic carbocycles. The van der Waals surface area contributed by atoms with Crippen LogP contribution in [0, 0.1) is 0 Å². The van der Waals surface area contributed by atoms with Crippen LogP contribution in [0.4, 0.5) is 11.4 Å². The number of benzene rings is 1. The van der Waals surface area contributed by atoms with E-state index in [1.807, 2.05) is 0 Å². The highest BCUT2D eigenvalue weighted by Gasteiger charge is 2.06. The normalized spacial score (nSPS) is 10.9. The fraction of sp³-hybridized carbons (Fsp3) is 0.222. The van der Waals surface area contributed by atoms with Gasteiger partial charge in [-0.05, 0) is 12.1 Å². The molecule has 7 heteroatoms. The van der Waals surface area contributed by atoms with E-state index in [0.717, 1.165) is 6.26 Å². The van der Waals surface area contributed by atoms with Crippen LogP contribution in [0.1, 0.15) is 6.92 Å². The molecular formula is C9H12N2O4S. The van der Waals surface area contributed by atoms with Crippen LogP contribution < -0.4 is 10.0 Å². The van der Waals surface area contributed by atoms with E-state index in [2.05, 4.69) is 10.0 Å². The van der Waals surface area contributed by atoms with Crippen molar-refractivity contribution < 1.29 is 18.3 Å². The zero-order valence-electron chi connectivity index (χ0n) is 8.81. The van der Waals surface area contributed by atoms with Crippen LogP contribution in [-0.4, -0.2) is 25.7 Å². The molecule has 0 saturated carbocycles. The van der Waals surface area contributed by atoms with Crippen LogP contribution in [0.3, 0.4) is 0 Å². The Kier molecular flexibility index (Phi) is 3.38. The van der Waals surface area contributed by atoms with E-state index in [1.165, 1.54) is 25.1 Å². The molecule has 1 amide bonds. The lowest BCUT2D eigenvalue weighted by atomic mass is 10.2. The van der Waals surface area contributed by atoms with Gasteiger partial charge in [-0.1, -0.05) is 0 Å². The molecular weight excluding hydrogens is 232 g/mol. The van der Waals surface area contributed by atoms with Gasteiger partial charge in [0.05, 0.1) is 17.6 Å². The molecule has 0 radical (unpaired) electrons. The van der Waals surface area contributed by atoms with Crippen molar-refractivity contribution in [2.45, 2.75) is 6.92 Å².